The quantitative estimate of drug-likeness (QED) is 0.526. The van der Waals surface area contributed by atoms with E-state index in [2.05, 4.69) is 4.98 Å². The topological polar surface area (TPSA) is 74.7 Å². The summed E-state index contributed by atoms with van der Waals surface area (Å²) in [6.45, 7) is 5.05. The fraction of sp³-hybridized carbons (Fsp3) is 0.273. The second kappa shape index (κ2) is 7.50. The highest BCUT2D eigenvalue weighted by Gasteiger charge is 2.22. The van der Waals surface area contributed by atoms with Gasteiger partial charge in [-0.2, -0.15) is 5.10 Å². The van der Waals surface area contributed by atoms with Gasteiger partial charge in [-0.05, 0) is 23.6 Å². The first kappa shape index (κ1) is 18.9. The average molecular weight is 389 g/mol. The van der Waals surface area contributed by atoms with Crippen LogP contribution >= 0.6 is 0 Å². The van der Waals surface area contributed by atoms with E-state index in [0.29, 0.717) is 29.8 Å². The summed E-state index contributed by atoms with van der Waals surface area (Å²) in [5.74, 6) is 0.233. The predicted octanol–water partition coefficient (Wildman–Crippen LogP) is 2.66. The number of hydrogen-bond donors (Lipinski definition) is 0. The standard InChI is InChI=1S/C22H23N5O2/c1-15(2)13-26-20-18(21(28)25(3)22(26)29)19(17-9-11-23-12-10-17)27(24-20)14-16-7-5-4-6-8-16/h4-12,15H,13-14H2,1-3H3. The van der Waals surface area contributed by atoms with Gasteiger partial charge in [-0.3, -0.25) is 23.6 Å². The van der Waals surface area contributed by atoms with E-state index in [1.807, 2.05) is 61.0 Å². The maximum Gasteiger partial charge on any atom is 0.332 e. The molecule has 3 aromatic heterocycles. The largest absolute Gasteiger partial charge is 0.332 e. The molecule has 7 nitrogen and oxygen atoms in total. The van der Waals surface area contributed by atoms with Crippen LogP contribution in [0.3, 0.4) is 0 Å². The van der Waals surface area contributed by atoms with E-state index in [0.717, 1.165) is 11.1 Å². The maximum atomic E-state index is 13.1. The molecule has 0 aliphatic heterocycles. The number of rotatable bonds is 5. The summed E-state index contributed by atoms with van der Waals surface area (Å²) in [4.78, 5) is 30.0. The smallest absolute Gasteiger partial charge is 0.276 e. The average Bonchev–Trinajstić information content (AvgIpc) is 3.10. The highest BCUT2D eigenvalue weighted by Crippen LogP contribution is 2.26. The van der Waals surface area contributed by atoms with Gasteiger partial charge in [0.2, 0.25) is 0 Å². The van der Waals surface area contributed by atoms with Gasteiger partial charge in [-0.1, -0.05) is 44.2 Å². The molecular formula is C22H23N5O2. The molecule has 7 heteroatoms. The Hall–Kier alpha value is -3.48. The third-order valence-electron chi connectivity index (χ3n) is 4.90. The Morgan fingerprint density at radius 1 is 1.00 bits per heavy atom. The van der Waals surface area contributed by atoms with Gasteiger partial charge in [-0.15, -0.1) is 0 Å². The minimum Gasteiger partial charge on any atom is -0.276 e. The molecule has 0 amide bonds. The third kappa shape index (κ3) is 3.40. The van der Waals surface area contributed by atoms with Crippen LogP contribution in [0.1, 0.15) is 19.4 Å². The van der Waals surface area contributed by atoms with Crippen molar-refractivity contribution in [2.45, 2.75) is 26.9 Å². The third-order valence-corrected chi connectivity index (χ3v) is 4.90. The Bertz CT molecular complexity index is 1270. The second-order valence-corrected chi connectivity index (χ2v) is 7.58. The molecule has 0 aliphatic rings. The SMILES string of the molecule is CC(C)Cn1c(=O)n(C)c(=O)c2c(-c3ccncc3)n(Cc3ccccc3)nc21. The molecule has 0 aliphatic carbocycles. The van der Waals surface area contributed by atoms with Crippen LogP contribution in [0.4, 0.5) is 0 Å². The molecule has 29 heavy (non-hydrogen) atoms. The number of fused-ring (bicyclic) bond motifs is 1. The van der Waals surface area contributed by atoms with Crippen molar-refractivity contribution in [3.63, 3.8) is 0 Å². The predicted molar refractivity (Wildman–Crippen MR) is 113 cm³/mol. The summed E-state index contributed by atoms with van der Waals surface area (Å²) in [5, 5.41) is 5.20. The van der Waals surface area contributed by atoms with Crippen LogP contribution in [0.2, 0.25) is 0 Å². The van der Waals surface area contributed by atoms with Crippen molar-refractivity contribution in [1.82, 2.24) is 23.9 Å². The van der Waals surface area contributed by atoms with E-state index in [-0.39, 0.29) is 17.2 Å². The molecule has 0 saturated heterocycles. The lowest BCUT2D eigenvalue weighted by Gasteiger charge is -2.11. The van der Waals surface area contributed by atoms with E-state index in [1.165, 1.54) is 11.6 Å². The Kier molecular flexibility index (Phi) is 4.88. The monoisotopic (exact) mass is 389 g/mol. The van der Waals surface area contributed by atoms with Gasteiger partial charge < -0.3 is 0 Å². The van der Waals surface area contributed by atoms with E-state index in [1.54, 1.807) is 17.0 Å². The summed E-state index contributed by atoms with van der Waals surface area (Å²) in [6, 6.07) is 13.6. The first-order valence-electron chi connectivity index (χ1n) is 9.62. The first-order chi connectivity index (χ1) is 14.0. The molecule has 0 N–H and O–H groups in total. The number of hydrogen-bond acceptors (Lipinski definition) is 4. The second-order valence-electron chi connectivity index (χ2n) is 7.58. The van der Waals surface area contributed by atoms with Crippen LogP contribution in [0, 0.1) is 5.92 Å². The molecule has 4 aromatic rings. The van der Waals surface area contributed by atoms with Crippen LogP contribution in [0.25, 0.3) is 22.3 Å². The molecular weight excluding hydrogens is 366 g/mol. The fourth-order valence-corrected chi connectivity index (χ4v) is 3.57. The molecule has 3 heterocycles. The highest BCUT2D eigenvalue weighted by atomic mass is 16.2. The van der Waals surface area contributed by atoms with Crippen molar-refractivity contribution in [3.8, 4) is 11.3 Å². The van der Waals surface area contributed by atoms with Crippen LogP contribution in [0.5, 0.6) is 0 Å². The van der Waals surface area contributed by atoms with Gasteiger partial charge in [0.05, 0.1) is 12.2 Å². The van der Waals surface area contributed by atoms with Crippen molar-refractivity contribution in [2.24, 2.45) is 13.0 Å². The van der Waals surface area contributed by atoms with Crippen molar-refractivity contribution in [2.75, 3.05) is 0 Å². The van der Waals surface area contributed by atoms with Crippen LogP contribution in [0.15, 0.2) is 64.4 Å². The van der Waals surface area contributed by atoms with Crippen LogP contribution < -0.4 is 11.2 Å². The van der Waals surface area contributed by atoms with Gasteiger partial charge in [-0.25, -0.2) is 4.79 Å². The van der Waals surface area contributed by atoms with Crippen LogP contribution in [-0.4, -0.2) is 23.9 Å². The summed E-state index contributed by atoms with van der Waals surface area (Å²) in [5.41, 5.74) is 2.34. The van der Waals surface area contributed by atoms with Crippen molar-refractivity contribution in [3.05, 3.63) is 81.3 Å². The molecule has 0 unspecified atom stereocenters. The number of benzene rings is 1. The maximum absolute atomic E-state index is 13.1. The minimum absolute atomic E-state index is 0.233. The molecule has 0 bridgehead atoms. The Morgan fingerprint density at radius 3 is 2.34 bits per heavy atom. The minimum atomic E-state index is -0.346. The summed E-state index contributed by atoms with van der Waals surface area (Å²) in [7, 11) is 1.52. The molecule has 0 atom stereocenters. The normalized spacial score (nSPS) is 11.4. The van der Waals surface area contributed by atoms with Gasteiger partial charge in [0.25, 0.3) is 5.56 Å². The zero-order chi connectivity index (χ0) is 20.5. The van der Waals surface area contributed by atoms with E-state index >= 15 is 0 Å². The van der Waals surface area contributed by atoms with E-state index < -0.39 is 0 Å². The van der Waals surface area contributed by atoms with Gasteiger partial charge in [0.15, 0.2) is 5.65 Å². The zero-order valence-corrected chi connectivity index (χ0v) is 16.7. The Balaban J connectivity index is 2.08. The summed E-state index contributed by atoms with van der Waals surface area (Å²) in [6.07, 6.45) is 3.38. The lowest BCUT2D eigenvalue weighted by Crippen LogP contribution is -2.38. The first-order valence-corrected chi connectivity index (χ1v) is 9.62. The van der Waals surface area contributed by atoms with Gasteiger partial charge in [0.1, 0.15) is 5.39 Å². The Morgan fingerprint density at radius 2 is 1.69 bits per heavy atom. The highest BCUT2D eigenvalue weighted by molar-refractivity contribution is 5.90. The van der Waals surface area contributed by atoms with E-state index in [4.69, 9.17) is 5.10 Å². The van der Waals surface area contributed by atoms with Crippen molar-refractivity contribution < 1.29 is 0 Å². The molecule has 0 radical (unpaired) electrons. The van der Waals surface area contributed by atoms with E-state index in [9.17, 15) is 9.59 Å². The zero-order valence-electron chi connectivity index (χ0n) is 16.7. The van der Waals surface area contributed by atoms with Gasteiger partial charge in [0, 0.05) is 31.5 Å². The molecule has 1 aromatic carbocycles. The number of aromatic nitrogens is 5. The molecule has 148 valence electrons. The van der Waals surface area contributed by atoms with Crippen molar-refractivity contribution >= 4 is 11.0 Å². The fourth-order valence-electron chi connectivity index (χ4n) is 3.57. The van der Waals surface area contributed by atoms with Crippen LogP contribution in [-0.2, 0) is 20.1 Å². The molecule has 0 saturated carbocycles. The Labute approximate surface area is 167 Å². The summed E-state index contributed by atoms with van der Waals surface area (Å²) < 4.78 is 4.59. The van der Waals surface area contributed by atoms with Crippen molar-refractivity contribution in [1.29, 1.82) is 0 Å². The number of pyridine rings is 1. The lowest BCUT2D eigenvalue weighted by atomic mass is 10.1. The lowest BCUT2D eigenvalue weighted by molar-refractivity contribution is 0.498. The molecule has 4 rings (SSSR count). The van der Waals surface area contributed by atoms with Gasteiger partial charge >= 0.3 is 5.69 Å². The number of nitrogens with zero attached hydrogens (tertiary/aromatic N) is 5. The molecule has 0 spiro atoms. The molecule has 0 fully saturated rings. The summed E-state index contributed by atoms with van der Waals surface area (Å²) >= 11 is 0.